The number of rotatable bonds is 2. The van der Waals surface area contributed by atoms with Gasteiger partial charge in [0.05, 0.1) is 5.88 Å². The number of carbonyl (C=O) groups excluding carboxylic acids is 1. The van der Waals surface area contributed by atoms with Crippen molar-refractivity contribution in [3.8, 4) is 0 Å². The largest absolute Gasteiger partial charge is 0.452 e. The Hall–Kier alpha value is -0.580. The third kappa shape index (κ3) is 14.0. The first-order valence-electron chi connectivity index (χ1n) is 3.38. The van der Waals surface area contributed by atoms with Crippen molar-refractivity contribution in [3.63, 3.8) is 0 Å². The molecule has 0 aromatic carbocycles. The van der Waals surface area contributed by atoms with Gasteiger partial charge in [0.25, 0.3) is 0 Å². The SMILES string of the molecule is C1=CNOC=C1.Cl.O=C(Cl)OCCCl. The van der Waals surface area contributed by atoms with Gasteiger partial charge in [-0.15, -0.1) is 24.0 Å². The fraction of sp³-hybridized carbons (Fsp3) is 0.286. The van der Waals surface area contributed by atoms with Crippen LogP contribution < -0.4 is 5.48 Å². The Morgan fingerprint density at radius 2 is 2.21 bits per heavy atom. The highest BCUT2D eigenvalue weighted by molar-refractivity contribution is 6.61. The van der Waals surface area contributed by atoms with Crippen molar-refractivity contribution in [2.75, 3.05) is 12.5 Å². The summed E-state index contributed by atoms with van der Waals surface area (Å²) < 4.78 is 4.19. The third-order valence-corrected chi connectivity index (χ3v) is 1.05. The zero-order valence-electron chi connectivity index (χ0n) is 7.11. The average molecular weight is 263 g/mol. The van der Waals surface area contributed by atoms with Crippen LogP contribution in [0.1, 0.15) is 0 Å². The Balaban J connectivity index is 0. The fourth-order valence-electron chi connectivity index (χ4n) is 0.377. The maximum absolute atomic E-state index is 9.69. The number of allylic oxidation sites excluding steroid dienone is 2. The van der Waals surface area contributed by atoms with E-state index in [2.05, 4.69) is 15.1 Å². The monoisotopic (exact) mass is 261 g/mol. The van der Waals surface area contributed by atoms with Gasteiger partial charge in [-0.1, -0.05) is 0 Å². The van der Waals surface area contributed by atoms with Gasteiger partial charge in [0.15, 0.2) is 0 Å². The second-order valence-electron chi connectivity index (χ2n) is 1.70. The van der Waals surface area contributed by atoms with E-state index in [1.54, 1.807) is 18.5 Å². The minimum absolute atomic E-state index is 0. The Morgan fingerprint density at radius 1 is 1.50 bits per heavy atom. The first-order valence-corrected chi connectivity index (χ1v) is 4.29. The molecule has 0 saturated carbocycles. The Morgan fingerprint density at radius 3 is 2.36 bits per heavy atom. The van der Waals surface area contributed by atoms with E-state index >= 15 is 0 Å². The van der Waals surface area contributed by atoms with Crippen molar-refractivity contribution < 1.29 is 14.4 Å². The van der Waals surface area contributed by atoms with Crippen LogP contribution in [0, 0.1) is 0 Å². The van der Waals surface area contributed by atoms with E-state index < -0.39 is 5.43 Å². The summed E-state index contributed by atoms with van der Waals surface area (Å²) in [6, 6.07) is 0. The molecule has 0 atom stereocenters. The van der Waals surface area contributed by atoms with Gasteiger partial charge in [-0.05, 0) is 12.2 Å². The molecule has 1 heterocycles. The molecule has 0 unspecified atom stereocenters. The second kappa shape index (κ2) is 12.4. The molecule has 0 spiro atoms. The lowest BCUT2D eigenvalue weighted by Crippen LogP contribution is -2.01. The Labute approximate surface area is 98.2 Å². The zero-order chi connectivity index (χ0) is 9.94. The lowest BCUT2D eigenvalue weighted by molar-refractivity contribution is 0.172. The second-order valence-corrected chi connectivity index (χ2v) is 2.39. The van der Waals surface area contributed by atoms with Crippen LogP contribution in [0.3, 0.4) is 0 Å². The van der Waals surface area contributed by atoms with E-state index in [9.17, 15) is 4.79 Å². The van der Waals surface area contributed by atoms with Crippen LogP contribution in [0.15, 0.2) is 24.6 Å². The third-order valence-electron chi connectivity index (χ3n) is 0.783. The Kier molecular flexibility index (Phi) is 14.1. The summed E-state index contributed by atoms with van der Waals surface area (Å²) in [6.45, 7) is 0.184. The summed E-state index contributed by atoms with van der Waals surface area (Å²) in [5, 5.41) is 0. The number of hydrogen-bond acceptors (Lipinski definition) is 4. The van der Waals surface area contributed by atoms with Gasteiger partial charge in [0.1, 0.15) is 12.9 Å². The van der Waals surface area contributed by atoms with Crippen LogP contribution in [-0.4, -0.2) is 17.9 Å². The minimum atomic E-state index is -0.805. The van der Waals surface area contributed by atoms with Crippen LogP contribution in [0.5, 0.6) is 0 Å². The van der Waals surface area contributed by atoms with E-state index in [1.165, 1.54) is 0 Å². The summed E-state index contributed by atoms with van der Waals surface area (Å²) >= 11 is 9.85. The average Bonchev–Trinajstić information content (AvgIpc) is 2.18. The van der Waals surface area contributed by atoms with E-state index in [0.29, 0.717) is 5.88 Å². The first kappa shape index (κ1) is 15.9. The van der Waals surface area contributed by atoms with Gasteiger partial charge in [0, 0.05) is 17.8 Å². The van der Waals surface area contributed by atoms with E-state index in [4.69, 9.17) is 23.2 Å². The summed E-state index contributed by atoms with van der Waals surface area (Å²) in [5.74, 6) is 0.290. The van der Waals surface area contributed by atoms with Gasteiger partial charge in [0.2, 0.25) is 0 Å². The van der Waals surface area contributed by atoms with Gasteiger partial charge < -0.3 is 9.57 Å². The molecule has 14 heavy (non-hydrogen) atoms. The van der Waals surface area contributed by atoms with E-state index in [1.807, 2.05) is 6.08 Å². The highest BCUT2D eigenvalue weighted by atomic mass is 35.5. The molecule has 0 saturated heterocycles. The molecule has 0 bridgehead atoms. The maximum Gasteiger partial charge on any atom is 0.403 e. The number of alkyl halides is 1. The van der Waals surface area contributed by atoms with Gasteiger partial charge in [-0.3, -0.25) is 0 Å². The first-order chi connectivity index (χ1) is 6.27. The molecule has 0 amide bonds. The molecule has 0 radical (unpaired) electrons. The van der Waals surface area contributed by atoms with Crippen LogP contribution in [0.25, 0.3) is 0 Å². The van der Waals surface area contributed by atoms with Crippen LogP contribution >= 0.6 is 35.6 Å². The van der Waals surface area contributed by atoms with Crippen LogP contribution in [0.4, 0.5) is 4.79 Å². The molecule has 0 aromatic heterocycles. The topological polar surface area (TPSA) is 47.6 Å². The van der Waals surface area contributed by atoms with Gasteiger partial charge in [-0.25, -0.2) is 10.3 Å². The molecule has 1 aliphatic heterocycles. The number of hydroxylamine groups is 1. The molecule has 0 aromatic rings. The van der Waals surface area contributed by atoms with E-state index in [-0.39, 0.29) is 19.0 Å². The predicted molar refractivity (Wildman–Crippen MR) is 57.7 cm³/mol. The Bertz CT molecular complexity index is 185. The van der Waals surface area contributed by atoms with Crippen molar-refractivity contribution in [1.29, 1.82) is 0 Å². The number of hydrogen-bond donors (Lipinski definition) is 1. The molecule has 4 nitrogen and oxygen atoms in total. The highest BCUT2D eigenvalue weighted by Crippen LogP contribution is 1.86. The predicted octanol–water partition coefficient (Wildman–Crippen LogP) is 2.57. The number of ether oxygens (including phenoxy) is 1. The summed E-state index contributed by atoms with van der Waals surface area (Å²) in [4.78, 5) is 14.2. The minimum Gasteiger partial charge on any atom is -0.452 e. The van der Waals surface area contributed by atoms with Crippen LogP contribution in [-0.2, 0) is 9.57 Å². The molecule has 1 aliphatic rings. The van der Waals surface area contributed by atoms with Gasteiger partial charge >= 0.3 is 5.43 Å². The van der Waals surface area contributed by atoms with Crippen molar-refractivity contribution >= 4 is 41.0 Å². The molecule has 7 heteroatoms. The number of halogens is 3. The normalized spacial score (nSPS) is 11.0. The lowest BCUT2D eigenvalue weighted by Gasteiger charge is -1.97. The number of carbonyl (C=O) groups is 1. The quantitative estimate of drug-likeness (QED) is 0.614. The van der Waals surface area contributed by atoms with Gasteiger partial charge in [-0.2, -0.15) is 0 Å². The molecule has 82 valence electrons. The summed E-state index contributed by atoms with van der Waals surface area (Å²) in [6.07, 6.45) is 6.93. The summed E-state index contributed by atoms with van der Waals surface area (Å²) in [5.41, 5.74) is 1.71. The van der Waals surface area contributed by atoms with Crippen molar-refractivity contribution in [2.45, 2.75) is 0 Å². The zero-order valence-corrected chi connectivity index (χ0v) is 9.44. The van der Waals surface area contributed by atoms with Crippen LogP contribution in [0.2, 0.25) is 0 Å². The molecule has 1 N–H and O–H groups in total. The standard InChI is InChI=1S/C4H5NO.C3H4Cl2O2.ClH/c1-2-4-6-5-3-1;4-1-2-7-3(5)6;/h1-5H;1-2H2;1H. The molecular weight excluding hydrogens is 252 g/mol. The van der Waals surface area contributed by atoms with E-state index in [0.717, 1.165) is 0 Å². The molecular formula is C7H10Cl3NO3. The maximum atomic E-state index is 9.69. The lowest BCUT2D eigenvalue weighted by atomic mass is 10.6. The molecule has 0 aliphatic carbocycles. The summed E-state index contributed by atoms with van der Waals surface area (Å²) in [7, 11) is 0. The van der Waals surface area contributed by atoms with Crippen molar-refractivity contribution in [1.82, 2.24) is 5.48 Å². The van der Waals surface area contributed by atoms with Crippen molar-refractivity contribution in [3.05, 3.63) is 24.6 Å². The molecule has 0 fully saturated rings. The number of nitrogens with one attached hydrogen (secondary N) is 1. The highest BCUT2D eigenvalue weighted by Gasteiger charge is 1.90. The smallest absolute Gasteiger partial charge is 0.403 e. The molecule has 1 rings (SSSR count). The fourth-order valence-corrected chi connectivity index (χ4v) is 0.531. The van der Waals surface area contributed by atoms with Crippen molar-refractivity contribution in [2.24, 2.45) is 0 Å².